The predicted octanol–water partition coefficient (Wildman–Crippen LogP) is 7.86. The Balaban J connectivity index is 1.15. The molecule has 5 N–H and O–H groups in total. The molecule has 0 amide bonds. The number of benzene rings is 1. The summed E-state index contributed by atoms with van der Waals surface area (Å²) in [4.78, 5) is 10.6. The number of hydrogen-bond acceptors (Lipinski definition) is 11. The number of unbranched alkanes of at least 4 members (excludes halogenated alkanes) is 15. The summed E-state index contributed by atoms with van der Waals surface area (Å²) in [6.45, 7) is 2.40. The maximum Gasteiger partial charge on any atom is 0.472 e. The van der Waals surface area contributed by atoms with E-state index in [1.54, 1.807) is 12.1 Å². The van der Waals surface area contributed by atoms with Crippen LogP contribution in [0.2, 0.25) is 0 Å². The molecule has 0 bridgehead atoms. The molecule has 306 valence electrons. The van der Waals surface area contributed by atoms with Gasteiger partial charge in [-0.3, -0.25) is 9.05 Å². The van der Waals surface area contributed by atoms with E-state index in [1.807, 2.05) is 36.4 Å². The molecule has 4 rings (SSSR count). The Morgan fingerprint density at radius 1 is 0.873 bits per heavy atom. The number of fused-ring (bicyclic) bond motifs is 1. The molecule has 1 fully saturated rings. The summed E-state index contributed by atoms with van der Waals surface area (Å²) in [5, 5.41) is 36.1. The van der Waals surface area contributed by atoms with Crippen molar-refractivity contribution in [2.24, 2.45) is 5.92 Å². The average Bonchev–Trinajstić information content (AvgIpc) is 3.74. The Labute approximate surface area is 326 Å². The number of phosphoric ester groups is 1. The van der Waals surface area contributed by atoms with Gasteiger partial charge in [-0.25, -0.2) is 9.08 Å². The summed E-state index contributed by atoms with van der Waals surface area (Å²) in [5.41, 5.74) is 4.97. The lowest BCUT2D eigenvalue weighted by Crippen LogP contribution is -2.41. The van der Waals surface area contributed by atoms with Crippen LogP contribution in [0.25, 0.3) is 5.52 Å². The minimum absolute atomic E-state index is 0.135. The number of para-hydroxylation sites is 1. The molecular weight excluding hydrogens is 723 g/mol. The van der Waals surface area contributed by atoms with Gasteiger partial charge < -0.3 is 35.1 Å². The number of nitrogen functional groups attached to an aromatic ring is 1. The monoisotopic (exact) mass is 786 g/mol. The van der Waals surface area contributed by atoms with E-state index in [0.29, 0.717) is 23.6 Å². The van der Waals surface area contributed by atoms with E-state index in [9.17, 15) is 24.9 Å². The summed E-state index contributed by atoms with van der Waals surface area (Å²) in [6.07, 6.45) is 17.4. The van der Waals surface area contributed by atoms with Crippen molar-refractivity contribution in [3.63, 3.8) is 0 Å². The molecule has 14 heteroatoms. The largest absolute Gasteiger partial charge is 0.493 e. The number of aliphatic hydroxyl groups is 2. The van der Waals surface area contributed by atoms with Gasteiger partial charge in [-0.05, 0) is 36.8 Å². The zero-order valence-corrected chi connectivity index (χ0v) is 33.4. The molecule has 55 heavy (non-hydrogen) atoms. The highest BCUT2D eigenvalue weighted by Crippen LogP contribution is 2.46. The quantitative estimate of drug-likeness (QED) is 0.0394. The van der Waals surface area contributed by atoms with Crippen LogP contribution in [-0.4, -0.2) is 76.1 Å². The van der Waals surface area contributed by atoms with Crippen molar-refractivity contribution in [2.45, 2.75) is 134 Å². The average molecular weight is 787 g/mol. The lowest BCUT2D eigenvalue weighted by molar-refractivity contribution is -0.0648. The summed E-state index contributed by atoms with van der Waals surface area (Å²) in [7, 11) is -4.68. The molecule has 0 radical (unpaired) electrons. The zero-order valence-electron chi connectivity index (χ0n) is 32.5. The van der Waals surface area contributed by atoms with Crippen molar-refractivity contribution in [1.82, 2.24) is 9.61 Å². The summed E-state index contributed by atoms with van der Waals surface area (Å²) in [6, 6.07) is 15.9. The van der Waals surface area contributed by atoms with Crippen molar-refractivity contribution >= 4 is 19.0 Å². The number of nitriles is 1. The Morgan fingerprint density at radius 3 is 2.11 bits per heavy atom. The first kappa shape index (κ1) is 44.7. The lowest BCUT2D eigenvalue weighted by Gasteiger charge is -2.24. The van der Waals surface area contributed by atoms with E-state index in [0.717, 1.165) is 12.8 Å². The second-order valence-electron chi connectivity index (χ2n) is 14.7. The molecule has 1 aliphatic rings. The van der Waals surface area contributed by atoms with Crippen molar-refractivity contribution in [3.05, 3.63) is 60.4 Å². The number of anilines is 1. The molecule has 2 unspecified atom stereocenters. The molecule has 0 spiro atoms. The third-order valence-electron chi connectivity index (χ3n) is 10.2. The third-order valence-corrected chi connectivity index (χ3v) is 11.1. The van der Waals surface area contributed by atoms with Crippen LogP contribution >= 0.6 is 7.82 Å². The molecule has 3 aromatic rings. The van der Waals surface area contributed by atoms with Crippen molar-refractivity contribution < 1.29 is 42.9 Å². The number of nitrogens with two attached hydrogens (primary N) is 1. The van der Waals surface area contributed by atoms with Crippen LogP contribution in [0.3, 0.4) is 0 Å². The maximum absolute atomic E-state index is 13.0. The molecule has 1 aromatic carbocycles. The first-order valence-electron chi connectivity index (χ1n) is 20.3. The summed E-state index contributed by atoms with van der Waals surface area (Å²) in [5.74, 6) is 0.253. The van der Waals surface area contributed by atoms with Gasteiger partial charge in [0, 0.05) is 18.7 Å². The van der Waals surface area contributed by atoms with Gasteiger partial charge in [0.1, 0.15) is 30.1 Å². The number of hydrogen-bond donors (Lipinski definition) is 4. The topological polar surface area (TPSA) is 191 Å². The van der Waals surface area contributed by atoms with Crippen LogP contribution in [-0.2, 0) is 28.7 Å². The lowest BCUT2D eigenvalue weighted by atomic mass is 9.92. The van der Waals surface area contributed by atoms with Gasteiger partial charge in [-0.1, -0.05) is 121 Å². The first-order valence-corrected chi connectivity index (χ1v) is 21.8. The standard InChI is InChI=1S/C41H63N4O9P/c1-2-3-4-5-6-7-8-9-10-11-12-13-14-15-16-20-27-50-28-33(29-51-34-21-18-17-19-22-34)30-52-55(48,49)53-31-37-39(46)40(47)41(32-42,54-37)38-24-23-36-35(43)25-26-44-45(36)38/h17-19,21-26,33,37,39-40,46-47H,2-16,20,27-31,43H2,1H3,(H,48,49)/t33?,37-,39-,40-,41+/m1/s1. The summed E-state index contributed by atoms with van der Waals surface area (Å²) >= 11 is 0. The highest BCUT2D eigenvalue weighted by molar-refractivity contribution is 7.47. The Kier molecular flexibility index (Phi) is 19.4. The highest BCUT2D eigenvalue weighted by Gasteiger charge is 2.58. The van der Waals surface area contributed by atoms with Crippen LogP contribution in [0.4, 0.5) is 5.69 Å². The number of aromatic nitrogens is 2. The zero-order chi connectivity index (χ0) is 39.4. The highest BCUT2D eigenvalue weighted by atomic mass is 31.2. The van der Waals surface area contributed by atoms with Gasteiger partial charge in [-0.15, -0.1) is 0 Å². The van der Waals surface area contributed by atoms with Gasteiger partial charge >= 0.3 is 7.82 Å². The number of phosphoric acid groups is 1. The van der Waals surface area contributed by atoms with E-state index in [4.69, 9.17) is 29.0 Å². The molecule has 1 saturated heterocycles. The molecular formula is C41H63N4O9P. The molecule has 6 atom stereocenters. The molecule has 0 saturated carbocycles. The van der Waals surface area contributed by atoms with Crippen molar-refractivity contribution in [3.8, 4) is 11.8 Å². The van der Waals surface area contributed by atoms with E-state index in [2.05, 4.69) is 12.0 Å². The maximum atomic E-state index is 13.0. The summed E-state index contributed by atoms with van der Waals surface area (Å²) < 4.78 is 42.6. The van der Waals surface area contributed by atoms with E-state index in [-0.39, 0.29) is 25.5 Å². The molecule has 3 heterocycles. The van der Waals surface area contributed by atoms with E-state index < -0.39 is 44.3 Å². The molecule has 13 nitrogen and oxygen atoms in total. The fraction of sp³-hybridized carbons (Fsp3) is 0.659. The van der Waals surface area contributed by atoms with Crippen LogP contribution in [0.5, 0.6) is 5.75 Å². The number of aliphatic hydroxyl groups excluding tert-OH is 2. The Morgan fingerprint density at radius 2 is 1.49 bits per heavy atom. The van der Waals surface area contributed by atoms with Crippen LogP contribution < -0.4 is 10.5 Å². The number of ether oxygens (including phenoxy) is 3. The molecule has 0 aliphatic carbocycles. The van der Waals surface area contributed by atoms with Crippen LogP contribution in [0.15, 0.2) is 54.7 Å². The fourth-order valence-electron chi connectivity index (χ4n) is 6.92. The van der Waals surface area contributed by atoms with E-state index >= 15 is 0 Å². The second kappa shape index (κ2) is 23.9. The minimum Gasteiger partial charge on any atom is -0.493 e. The van der Waals surface area contributed by atoms with Gasteiger partial charge in [0.2, 0.25) is 5.60 Å². The predicted molar refractivity (Wildman–Crippen MR) is 211 cm³/mol. The van der Waals surface area contributed by atoms with E-state index in [1.165, 1.54) is 107 Å². The SMILES string of the molecule is CCCCCCCCCCCCCCCCCCOCC(COc1ccccc1)COP(=O)(O)OC[C@H]1O[C@@](C#N)(c2ccc3c(N)ccnn23)[C@H](O)[C@@H]1O. The van der Waals surface area contributed by atoms with Crippen LogP contribution in [0, 0.1) is 17.2 Å². The Bertz CT molecular complexity index is 1610. The van der Waals surface area contributed by atoms with Gasteiger partial charge in [0.15, 0.2) is 0 Å². The number of nitrogens with zero attached hydrogens (tertiary/aromatic N) is 3. The second-order valence-corrected chi connectivity index (χ2v) is 16.1. The van der Waals surface area contributed by atoms with Gasteiger partial charge in [-0.2, -0.15) is 10.4 Å². The first-order chi connectivity index (χ1) is 26.7. The van der Waals surface area contributed by atoms with Crippen LogP contribution in [0.1, 0.15) is 115 Å². The molecule has 2 aromatic heterocycles. The van der Waals surface area contributed by atoms with Gasteiger partial charge in [0.25, 0.3) is 0 Å². The number of rotatable bonds is 29. The Hall–Kier alpha value is -3.05. The smallest absolute Gasteiger partial charge is 0.472 e. The van der Waals surface area contributed by atoms with Gasteiger partial charge in [0.05, 0.1) is 43.3 Å². The normalized spacial score (nSPS) is 21.4. The van der Waals surface area contributed by atoms with Crippen molar-refractivity contribution in [2.75, 3.05) is 38.8 Å². The molecule has 1 aliphatic heterocycles. The minimum atomic E-state index is -4.68. The fourth-order valence-corrected chi connectivity index (χ4v) is 7.73. The third kappa shape index (κ3) is 14.1. The van der Waals surface area contributed by atoms with Crippen molar-refractivity contribution in [1.29, 1.82) is 5.26 Å².